The lowest BCUT2D eigenvalue weighted by molar-refractivity contribution is 0.276. The van der Waals surface area contributed by atoms with Crippen molar-refractivity contribution >= 4 is 69.7 Å². The zero-order valence-corrected chi connectivity index (χ0v) is 7.68. The van der Waals surface area contributed by atoms with Crippen LogP contribution in [0, 0.1) is 0 Å². The fourth-order valence-electron chi connectivity index (χ4n) is 0. The SMILES string of the molecule is OB(O)O.OB(O)O.OB(O)O.OB(O)O.[AlH3].[MgH2]. The third-order valence-electron chi connectivity index (χ3n) is 0. The summed E-state index contributed by atoms with van der Waals surface area (Å²) in [5.74, 6) is 0. The van der Waals surface area contributed by atoms with Crippen molar-refractivity contribution in [1.82, 2.24) is 0 Å². The van der Waals surface area contributed by atoms with Crippen LogP contribution >= 0.6 is 0 Å². The molecule has 0 atom stereocenters. The van der Waals surface area contributed by atoms with Crippen molar-refractivity contribution in [2.24, 2.45) is 0 Å². The monoisotopic (exact) mass is 304 g/mol. The van der Waals surface area contributed by atoms with E-state index in [9.17, 15) is 0 Å². The zero-order valence-electron chi connectivity index (χ0n) is 7.68. The zero-order chi connectivity index (χ0) is 14.3. The van der Waals surface area contributed by atoms with Gasteiger partial charge in [-0.2, -0.15) is 0 Å². The van der Waals surface area contributed by atoms with Gasteiger partial charge in [0.05, 0.1) is 0 Å². The molecule has 0 fully saturated rings. The van der Waals surface area contributed by atoms with Gasteiger partial charge in [0, 0.05) is 0 Å². The van der Waals surface area contributed by atoms with Gasteiger partial charge in [0.15, 0.2) is 17.4 Å². The summed E-state index contributed by atoms with van der Waals surface area (Å²) in [5.41, 5.74) is 0. The van der Waals surface area contributed by atoms with E-state index in [4.69, 9.17) is 60.3 Å². The van der Waals surface area contributed by atoms with E-state index in [1.807, 2.05) is 0 Å². The summed E-state index contributed by atoms with van der Waals surface area (Å²) >= 11 is 0. The van der Waals surface area contributed by atoms with Crippen molar-refractivity contribution in [2.75, 3.05) is 0 Å². The first kappa shape index (κ1) is 36.5. The minimum absolute atomic E-state index is 0. The maximum absolute atomic E-state index is 7.17. The molecule has 0 aromatic rings. The van der Waals surface area contributed by atoms with E-state index in [2.05, 4.69) is 0 Å². The van der Waals surface area contributed by atoms with Crippen molar-refractivity contribution < 1.29 is 60.3 Å². The Bertz CT molecular complexity index is 67.1. The predicted octanol–water partition coefficient (Wildman–Crippen LogP) is -10.3. The van der Waals surface area contributed by atoms with Crippen LogP contribution in [-0.2, 0) is 0 Å². The van der Waals surface area contributed by atoms with Crippen molar-refractivity contribution in [3.05, 3.63) is 0 Å². The van der Waals surface area contributed by atoms with Gasteiger partial charge in [0.1, 0.15) is 0 Å². The van der Waals surface area contributed by atoms with Gasteiger partial charge in [-0.15, -0.1) is 0 Å². The van der Waals surface area contributed by atoms with E-state index in [0.717, 1.165) is 0 Å². The van der Waals surface area contributed by atoms with E-state index in [1.165, 1.54) is 0 Å². The number of hydrogen-bond acceptors (Lipinski definition) is 12. The van der Waals surface area contributed by atoms with E-state index in [-0.39, 0.29) is 40.4 Å². The molecule has 0 aliphatic heterocycles. The summed E-state index contributed by atoms with van der Waals surface area (Å²) < 4.78 is 0. The quantitative estimate of drug-likeness (QED) is 0.186. The predicted molar refractivity (Wildman–Crippen MR) is 68.1 cm³/mol. The molecule has 0 aliphatic carbocycles. The highest BCUT2D eigenvalue weighted by atomic mass is 27.0. The van der Waals surface area contributed by atoms with Gasteiger partial charge in [-0.3, -0.25) is 0 Å². The van der Waals surface area contributed by atoms with Crippen LogP contribution < -0.4 is 0 Å². The molecule has 0 saturated carbocycles. The Balaban J connectivity index is -0.0000000257. The lowest BCUT2D eigenvalue weighted by Crippen LogP contribution is -2.07. The van der Waals surface area contributed by atoms with Gasteiger partial charge in [-0.05, 0) is 0 Å². The van der Waals surface area contributed by atoms with Gasteiger partial charge in [-0.25, -0.2) is 0 Å². The van der Waals surface area contributed by atoms with Gasteiger partial charge in [-0.1, -0.05) is 0 Å². The molecule has 12 N–H and O–H groups in total. The summed E-state index contributed by atoms with van der Waals surface area (Å²) in [6, 6.07) is 0. The molecule has 0 aromatic heterocycles. The largest absolute Gasteiger partial charge is 0.631 e. The summed E-state index contributed by atoms with van der Waals surface area (Å²) in [4.78, 5) is 0. The molecule has 0 bridgehead atoms. The fraction of sp³-hybridized carbons (Fsp3) is 0. The first-order chi connectivity index (χ1) is 6.93. The van der Waals surface area contributed by atoms with Crippen LogP contribution in [0.3, 0.4) is 0 Å². The summed E-state index contributed by atoms with van der Waals surface area (Å²) in [6.45, 7) is 0. The second kappa shape index (κ2) is 30.8. The average Bonchev–Trinajstić information content (AvgIpc) is 1.76. The third kappa shape index (κ3) is 3800. The lowest BCUT2D eigenvalue weighted by Gasteiger charge is -1.69. The molecule has 0 aromatic carbocycles. The molecule has 18 heavy (non-hydrogen) atoms. The molecule has 0 rings (SSSR count). The minimum atomic E-state index is -2.17. The number of rotatable bonds is 0. The van der Waals surface area contributed by atoms with Crippen molar-refractivity contribution in [3.63, 3.8) is 0 Å². The van der Waals surface area contributed by atoms with Crippen molar-refractivity contribution in [2.45, 2.75) is 0 Å². The summed E-state index contributed by atoms with van der Waals surface area (Å²) in [6.07, 6.45) is 0. The standard InChI is InChI=1S/Al.4BH3O3.Mg.5H/c;4*2-1(3)4;;;;;;/h;4*2-4H;;;;;;. The van der Waals surface area contributed by atoms with E-state index >= 15 is 0 Å². The van der Waals surface area contributed by atoms with Crippen LogP contribution in [0.1, 0.15) is 0 Å². The highest BCUT2D eigenvalue weighted by Gasteiger charge is 1.93. The van der Waals surface area contributed by atoms with Gasteiger partial charge >= 0.3 is 52.3 Å². The van der Waals surface area contributed by atoms with Crippen LogP contribution in [0.5, 0.6) is 0 Å². The van der Waals surface area contributed by atoms with E-state index in [1.54, 1.807) is 0 Å². The maximum Gasteiger partial charge on any atom is 0.631 e. The van der Waals surface area contributed by atoms with E-state index < -0.39 is 29.3 Å². The van der Waals surface area contributed by atoms with Crippen molar-refractivity contribution in [3.8, 4) is 0 Å². The van der Waals surface area contributed by atoms with Crippen LogP contribution in [0.25, 0.3) is 0 Å². The Morgan fingerprint density at radius 3 is 0.333 bits per heavy atom. The Morgan fingerprint density at radius 2 is 0.333 bits per heavy atom. The second-order valence-corrected chi connectivity index (χ2v) is 1.39. The molecule has 0 aliphatic rings. The van der Waals surface area contributed by atoms with Crippen LogP contribution in [0.2, 0.25) is 0 Å². The van der Waals surface area contributed by atoms with Crippen LogP contribution in [0.15, 0.2) is 0 Å². The molecule has 0 saturated heterocycles. The van der Waals surface area contributed by atoms with Gasteiger partial charge < -0.3 is 60.3 Å². The topological polar surface area (TPSA) is 243 Å². The van der Waals surface area contributed by atoms with Gasteiger partial charge in [0.25, 0.3) is 0 Å². The molecule has 0 radical (unpaired) electrons. The first-order valence-electron chi connectivity index (χ1n) is 3.10. The Kier molecular flexibility index (Phi) is 62.4. The molecule has 18 heteroatoms. The lowest BCUT2D eigenvalue weighted by atomic mass is 10.3. The van der Waals surface area contributed by atoms with Gasteiger partial charge in [0.2, 0.25) is 0 Å². The molecule has 0 heterocycles. The average molecular weight is 304 g/mol. The third-order valence-corrected chi connectivity index (χ3v) is 0. The first-order valence-corrected chi connectivity index (χ1v) is 3.10. The molecule has 0 unspecified atom stereocenters. The molecule has 12 nitrogen and oxygen atoms in total. The highest BCUT2D eigenvalue weighted by molar-refractivity contribution is 6.31. The maximum atomic E-state index is 7.17. The Hall–Kier alpha value is 1.08. The highest BCUT2D eigenvalue weighted by Crippen LogP contribution is 1.41. The molecule has 0 amide bonds. The van der Waals surface area contributed by atoms with Crippen LogP contribution in [-0.4, -0.2) is 130 Å². The summed E-state index contributed by atoms with van der Waals surface area (Å²) in [7, 11) is -8.67. The minimum Gasteiger partial charge on any atom is -0.402 e. The Labute approximate surface area is 130 Å². The normalized spacial score (nSPS) is 6.00. The summed E-state index contributed by atoms with van der Waals surface area (Å²) in [5, 5.41) is 86.0. The number of hydrogen-bond donors (Lipinski definition) is 12. The Morgan fingerprint density at radius 1 is 0.333 bits per heavy atom. The van der Waals surface area contributed by atoms with Crippen molar-refractivity contribution in [1.29, 1.82) is 0 Å². The molecule has 106 valence electrons. The molecular weight excluding hydrogens is 287 g/mol. The second-order valence-electron chi connectivity index (χ2n) is 1.39. The van der Waals surface area contributed by atoms with E-state index in [0.29, 0.717) is 0 Å². The molecule has 0 spiro atoms. The fourth-order valence-corrected chi connectivity index (χ4v) is 0. The molecular formula is H17AlB4MgO12. The smallest absolute Gasteiger partial charge is 0.402 e. The van der Waals surface area contributed by atoms with Crippen LogP contribution in [0.4, 0.5) is 0 Å².